The molecule has 0 aliphatic carbocycles. The maximum atomic E-state index is 13.4. The highest BCUT2D eigenvalue weighted by Crippen LogP contribution is 2.18. The van der Waals surface area contributed by atoms with Gasteiger partial charge >= 0.3 is 5.69 Å². The van der Waals surface area contributed by atoms with Gasteiger partial charge in [0.05, 0.1) is 17.6 Å². The quantitative estimate of drug-likeness (QED) is 0.593. The van der Waals surface area contributed by atoms with Crippen LogP contribution in [0.15, 0.2) is 18.2 Å². The lowest BCUT2D eigenvalue weighted by atomic mass is 10.1. The summed E-state index contributed by atoms with van der Waals surface area (Å²) in [5.74, 6) is -1.43. The minimum Gasteiger partial charge on any atom is -0.377 e. The van der Waals surface area contributed by atoms with E-state index in [1.807, 2.05) is 13.8 Å². The number of hydrogen-bond acceptors (Lipinski definition) is 4. The number of amides is 1. The van der Waals surface area contributed by atoms with E-state index in [0.29, 0.717) is 13.2 Å². The molecule has 0 radical (unpaired) electrons. The number of likely N-dealkylation sites (N-methyl/N-ethyl adjacent to an activating group) is 1. The van der Waals surface area contributed by atoms with Gasteiger partial charge in [0.2, 0.25) is 5.82 Å². The minimum atomic E-state index is -1.02. The summed E-state index contributed by atoms with van der Waals surface area (Å²) in [7, 11) is 1.56. The molecule has 0 aromatic heterocycles. The van der Waals surface area contributed by atoms with Crippen LogP contribution in [0.1, 0.15) is 24.2 Å². The van der Waals surface area contributed by atoms with Crippen LogP contribution in [0.25, 0.3) is 0 Å². The molecule has 0 spiro atoms. The topological polar surface area (TPSA) is 72.7 Å². The molecule has 0 unspecified atom stereocenters. The summed E-state index contributed by atoms with van der Waals surface area (Å²) in [5, 5.41) is 10.5. The van der Waals surface area contributed by atoms with Crippen LogP contribution in [0.4, 0.5) is 10.1 Å². The molecule has 0 aliphatic heterocycles. The summed E-state index contributed by atoms with van der Waals surface area (Å²) in [6, 6.07) is 3.10. The van der Waals surface area contributed by atoms with Crippen molar-refractivity contribution < 1.29 is 18.8 Å². The maximum absolute atomic E-state index is 13.4. The molecule has 0 N–H and O–H groups in total. The van der Waals surface area contributed by atoms with Gasteiger partial charge in [-0.05, 0) is 26.0 Å². The van der Waals surface area contributed by atoms with Gasteiger partial charge in [-0.3, -0.25) is 14.9 Å². The van der Waals surface area contributed by atoms with Gasteiger partial charge in [0.1, 0.15) is 0 Å². The second-order valence-corrected chi connectivity index (χ2v) is 4.57. The smallest absolute Gasteiger partial charge is 0.304 e. The SMILES string of the molecule is CC(C)OCCN(C)C(=O)c1ccc([N+](=O)[O-])c(F)c1. The van der Waals surface area contributed by atoms with Crippen molar-refractivity contribution in [3.05, 3.63) is 39.7 Å². The molecule has 20 heavy (non-hydrogen) atoms. The third-order valence-corrected chi connectivity index (χ3v) is 2.62. The second kappa shape index (κ2) is 6.95. The highest BCUT2D eigenvalue weighted by Gasteiger charge is 2.18. The third-order valence-electron chi connectivity index (χ3n) is 2.62. The number of rotatable bonds is 6. The fraction of sp³-hybridized carbons (Fsp3) is 0.462. The number of halogens is 1. The van der Waals surface area contributed by atoms with Gasteiger partial charge in [-0.1, -0.05) is 0 Å². The first-order valence-corrected chi connectivity index (χ1v) is 6.14. The Bertz CT molecular complexity index is 505. The van der Waals surface area contributed by atoms with Crippen LogP contribution in [0, 0.1) is 15.9 Å². The molecule has 7 heteroatoms. The molecule has 0 heterocycles. The van der Waals surface area contributed by atoms with Crippen molar-refractivity contribution in [2.45, 2.75) is 20.0 Å². The van der Waals surface area contributed by atoms with E-state index in [9.17, 15) is 19.3 Å². The van der Waals surface area contributed by atoms with Crippen molar-refractivity contribution in [1.82, 2.24) is 4.90 Å². The average molecular weight is 284 g/mol. The van der Waals surface area contributed by atoms with E-state index >= 15 is 0 Å². The monoisotopic (exact) mass is 284 g/mol. The van der Waals surface area contributed by atoms with Crippen LogP contribution in [0.2, 0.25) is 0 Å². The summed E-state index contributed by atoms with van der Waals surface area (Å²) >= 11 is 0. The third kappa shape index (κ3) is 4.27. The van der Waals surface area contributed by atoms with E-state index < -0.39 is 22.3 Å². The molecule has 110 valence electrons. The van der Waals surface area contributed by atoms with Gasteiger partial charge in [-0.25, -0.2) is 0 Å². The molecule has 1 amide bonds. The first kappa shape index (κ1) is 16.0. The first-order valence-electron chi connectivity index (χ1n) is 6.14. The van der Waals surface area contributed by atoms with Crippen molar-refractivity contribution in [3.8, 4) is 0 Å². The fourth-order valence-corrected chi connectivity index (χ4v) is 1.54. The predicted octanol–water partition coefficient (Wildman–Crippen LogP) is 2.23. The largest absolute Gasteiger partial charge is 0.377 e. The van der Waals surface area contributed by atoms with Gasteiger partial charge in [0, 0.05) is 25.2 Å². The summed E-state index contributed by atoms with van der Waals surface area (Å²) < 4.78 is 18.8. The molecule has 6 nitrogen and oxygen atoms in total. The summed E-state index contributed by atoms with van der Waals surface area (Å²) in [4.78, 5) is 23.0. The van der Waals surface area contributed by atoms with Crippen LogP contribution < -0.4 is 0 Å². The van der Waals surface area contributed by atoms with Crippen molar-refractivity contribution in [3.63, 3.8) is 0 Å². The normalized spacial score (nSPS) is 10.7. The summed E-state index contributed by atoms with van der Waals surface area (Å²) in [6.45, 7) is 4.49. The fourth-order valence-electron chi connectivity index (χ4n) is 1.54. The molecule has 0 bridgehead atoms. The number of benzene rings is 1. The number of nitro groups is 1. The highest BCUT2D eigenvalue weighted by molar-refractivity contribution is 5.94. The van der Waals surface area contributed by atoms with Gasteiger partial charge < -0.3 is 9.64 Å². The molecule has 1 aromatic carbocycles. The molecule has 0 aliphatic rings. The standard InChI is InChI=1S/C13H17FN2O4/c1-9(2)20-7-6-15(3)13(17)10-4-5-12(16(18)19)11(14)8-10/h4-5,8-9H,6-7H2,1-3H3. The van der Waals surface area contributed by atoms with E-state index in [2.05, 4.69) is 0 Å². The first-order chi connectivity index (χ1) is 9.32. The van der Waals surface area contributed by atoms with Gasteiger partial charge in [-0.15, -0.1) is 0 Å². The van der Waals surface area contributed by atoms with Crippen LogP contribution >= 0.6 is 0 Å². The minimum absolute atomic E-state index is 0.0651. The molecule has 0 atom stereocenters. The van der Waals surface area contributed by atoms with E-state index in [4.69, 9.17) is 4.74 Å². The number of carbonyl (C=O) groups is 1. The lowest BCUT2D eigenvalue weighted by Gasteiger charge is -2.18. The number of nitro benzene ring substituents is 1. The second-order valence-electron chi connectivity index (χ2n) is 4.57. The Hall–Kier alpha value is -2.02. The molecule has 1 aromatic rings. The lowest BCUT2D eigenvalue weighted by molar-refractivity contribution is -0.387. The Morgan fingerprint density at radius 2 is 2.15 bits per heavy atom. The zero-order chi connectivity index (χ0) is 15.3. The van der Waals surface area contributed by atoms with Crippen LogP contribution in [0.3, 0.4) is 0 Å². The number of nitrogens with zero attached hydrogens (tertiary/aromatic N) is 2. The Morgan fingerprint density at radius 1 is 1.50 bits per heavy atom. The molecular weight excluding hydrogens is 267 g/mol. The van der Waals surface area contributed by atoms with Crippen LogP contribution in [-0.2, 0) is 4.74 Å². The molecule has 0 saturated heterocycles. The number of ether oxygens (including phenoxy) is 1. The maximum Gasteiger partial charge on any atom is 0.304 e. The Labute approximate surface area is 116 Å². The molecular formula is C13H17FN2O4. The highest BCUT2D eigenvalue weighted by atomic mass is 19.1. The van der Waals surface area contributed by atoms with E-state index in [1.54, 1.807) is 7.05 Å². The number of hydrogen-bond donors (Lipinski definition) is 0. The van der Waals surface area contributed by atoms with Gasteiger partial charge in [0.25, 0.3) is 5.91 Å². The molecule has 0 saturated carbocycles. The van der Waals surface area contributed by atoms with E-state index in [-0.39, 0.29) is 11.7 Å². The zero-order valence-corrected chi connectivity index (χ0v) is 11.6. The van der Waals surface area contributed by atoms with Crippen LogP contribution in [0.5, 0.6) is 0 Å². The van der Waals surface area contributed by atoms with Gasteiger partial charge in [0.15, 0.2) is 0 Å². The molecule has 1 rings (SSSR count). The Morgan fingerprint density at radius 3 is 2.65 bits per heavy atom. The van der Waals surface area contributed by atoms with E-state index in [0.717, 1.165) is 12.1 Å². The molecule has 0 fully saturated rings. The predicted molar refractivity (Wildman–Crippen MR) is 71.1 cm³/mol. The van der Waals surface area contributed by atoms with Crippen molar-refractivity contribution >= 4 is 11.6 Å². The van der Waals surface area contributed by atoms with Crippen molar-refractivity contribution in [1.29, 1.82) is 0 Å². The van der Waals surface area contributed by atoms with E-state index in [1.165, 1.54) is 11.0 Å². The Kier molecular flexibility index (Phi) is 5.57. The lowest BCUT2D eigenvalue weighted by Crippen LogP contribution is -2.30. The Balaban J connectivity index is 2.72. The summed E-state index contributed by atoms with van der Waals surface area (Å²) in [5.41, 5.74) is -0.576. The van der Waals surface area contributed by atoms with Crippen LogP contribution in [-0.4, -0.2) is 42.0 Å². The number of carbonyl (C=O) groups excluding carboxylic acids is 1. The summed E-state index contributed by atoms with van der Waals surface area (Å²) in [6.07, 6.45) is 0.0651. The van der Waals surface area contributed by atoms with Gasteiger partial charge in [-0.2, -0.15) is 4.39 Å². The van der Waals surface area contributed by atoms with Crippen molar-refractivity contribution in [2.24, 2.45) is 0 Å². The van der Waals surface area contributed by atoms with Crippen molar-refractivity contribution in [2.75, 3.05) is 20.2 Å². The zero-order valence-electron chi connectivity index (χ0n) is 11.6. The average Bonchev–Trinajstić information content (AvgIpc) is 2.36.